The van der Waals surface area contributed by atoms with Crippen molar-refractivity contribution >= 4 is 9.84 Å². The van der Waals surface area contributed by atoms with Crippen molar-refractivity contribution in [1.82, 2.24) is 0 Å². The lowest BCUT2D eigenvalue weighted by Gasteiger charge is -2.25. The summed E-state index contributed by atoms with van der Waals surface area (Å²) in [5.41, 5.74) is 0. The molecule has 1 rings (SSSR count). The molecule has 0 aromatic carbocycles. The molecule has 0 N–H and O–H groups in total. The van der Waals surface area contributed by atoms with E-state index in [1.807, 2.05) is 6.07 Å². The van der Waals surface area contributed by atoms with Crippen LogP contribution < -0.4 is 0 Å². The molecular weight excluding hydrogens is 198 g/mol. The molecule has 1 saturated carbocycles. The summed E-state index contributed by atoms with van der Waals surface area (Å²) in [6, 6.07) is 1.98. The van der Waals surface area contributed by atoms with Crippen molar-refractivity contribution in [3.63, 3.8) is 0 Å². The van der Waals surface area contributed by atoms with Crippen LogP contribution in [0.15, 0.2) is 0 Å². The average molecular weight is 215 g/mol. The highest BCUT2D eigenvalue weighted by Gasteiger charge is 2.32. The molecule has 0 unspecified atom stereocenters. The van der Waals surface area contributed by atoms with Gasteiger partial charge in [0.05, 0.1) is 6.07 Å². The smallest absolute Gasteiger partial charge is 0.166 e. The molecule has 0 amide bonds. The van der Waals surface area contributed by atoms with Crippen LogP contribution in [0.2, 0.25) is 0 Å². The predicted molar refractivity (Wildman–Crippen MR) is 55.4 cm³/mol. The third-order valence-electron chi connectivity index (χ3n) is 2.99. The minimum Gasteiger partial charge on any atom is -0.227 e. The molecule has 14 heavy (non-hydrogen) atoms. The summed E-state index contributed by atoms with van der Waals surface area (Å²) in [6.45, 7) is 1.61. The first-order valence-corrected chi connectivity index (χ1v) is 6.94. The molecule has 0 aliphatic heterocycles. The molecule has 0 spiro atoms. The molecule has 1 atom stereocenters. The molecule has 0 aromatic heterocycles. The van der Waals surface area contributed by atoms with Gasteiger partial charge in [-0.3, -0.25) is 0 Å². The van der Waals surface area contributed by atoms with Gasteiger partial charge in [-0.1, -0.05) is 26.2 Å². The van der Waals surface area contributed by atoms with E-state index in [1.54, 1.807) is 6.92 Å². The quantitative estimate of drug-likeness (QED) is 0.722. The first-order valence-electron chi connectivity index (χ1n) is 5.23. The second kappa shape index (κ2) is 4.79. The summed E-state index contributed by atoms with van der Waals surface area (Å²) in [7, 11) is -3.17. The lowest BCUT2D eigenvalue weighted by Crippen LogP contribution is -2.31. The van der Waals surface area contributed by atoms with Gasteiger partial charge in [0.1, 0.15) is 0 Å². The van der Waals surface area contributed by atoms with E-state index in [4.69, 9.17) is 5.26 Å². The second-order valence-corrected chi connectivity index (χ2v) is 6.31. The zero-order chi connectivity index (χ0) is 10.6. The lowest BCUT2D eigenvalue weighted by molar-refractivity contribution is 0.363. The Morgan fingerprint density at radius 3 is 2.36 bits per heavy atom. The molecule has 3 nitrogen and oxygen atoms in total. The van der Waals surface area contributed by atoms with Gasteiger partial charge in [0, 0.05) is 5.75 Å². The summed E-state index contributed by atoms with van der Waals surface area (Å²) >= 11 is 0. The van der Waals surface area contributed by atoms with Crippen LogP contribution in [-0.2, 0) is 9.84 Å². The van der Waals surface area contributed by atoms with Gasteiger partial charge < -0.3 is 0 Å². The van der Waals surface area contributed by atoms with E-state index in [-0.39, 0.29) is 11.7 Å². The van der Waals surface area contributed by atoms with Crippen molar-refractivity contribution < 1.29 is 8.42 Å². The fourth-order valence-electron chi connectivity index (χ4n) is 2.10. The lowest BCUT2D eigenvalue weighted by atomic mass is 9.87. The van der Waals surface area contributed by atoms with E-state index in [0.29, 0.717) is 0 Å². The normalized spacial score (nSPS) is 21.4. The summed E-state index contributed by atoms with van der Waals surface area (Å²) in [5, 5.41) is 8.16. The Morgan fingerprint density at radius 2 is 1.93 bits per heavy atom. The summed E-state index contributed by atoms with van der Waals surface area (Å²) in [6.07, 6.45) is 5.12. The maximum atomic E-state index is 11.6. The zero-order valence-corrected chi connectivity index (χ0v) is 9.39. The van der Waals surface area contributed by atoms with Gasteiger partial charge in [-0.15, -0.1) is 0 Å². The molecule has 0 bridgehead atoms. The maximum Gasteiger partial charge on any atom is 0.166 e. The molecule has 0 heterocycles. The van der Waals surface area contributed by atoms with Crippen molar-refractivity contribution in [3.05, 3.63) is 0 Å². The van der Waals surface area contributed by atoms with Gasteiger partial charge in [-0.2, -0.15) is 5.26 Å². The number of nitriles is 1. The van der Waals surface area contributed by atoms with Crippen molar-refractivity contribution in [1.29, 1.82) is 5.26 Å². The van der Waals surface area contributed by atoms with Crippen LogP contribution in [0.25, 0.3) is 0 Å². The summed E-state index contributed by atoms with van der Waals surface area (Å²) in [4.78, 5) is 0. The van der Waals surface area contributed by atoms with E-state index in [9.17, 15) is 8.42 Å². The van der Waals surface area contributed by atoms with Crippen LogP contribution in [-0.4, -0.2) is 19.4 Å². The molecule has 1 aliphatic carbocycles. The number of nitrogens with zero attached hydrogens (tertiary/aromatic N) is 1. The minimum atomic E-state index is -3.17. The van der Waals surface area contributed by atoms with Crippen LogP contribution in [0, 0.1) is 17.2 Å². The number of hydrogen-bond acceptors (Lipinski definition) is 3. The monoisotopic (exact) mass is 215 g/mol. The van der Waals surface area contributed by atoms with Crippen LogP contribution in [0.5, 0.6) is 0 Å². The Balaban J connectivity index is 2.76. The topological polar surface area (TPSA) is 57.9 Å². The van der Waals surface area contributed by atoms with Gasteiger partial charge in [0.15, 0.2) is 15.1 Å². The highest BCUT2D eigenvalue weighted by molar-refractivity contribution is 7.92. The third kappa shape index (κ3) is 2.48. The molecule has 4 heteroatoms. The van der Waals surface area contributed by atoms with Crippen LogP contribution >= 0.6 is 0 Å². The Labute approximate surface area is 86.0 Å². The zero-order valence-electron chi connectivity index (χ0n) is 8.57. The van der Waals surface area contributed by atoms with E-state index in [1.165, 1.54) is 6.42 Å². The first kappa shape index (κ1) is 11.5. The van der Waals surface area contributed by atoms with Crippen molar-refractivity contribution in [2.45, 2.75) is 44.3 Å². The van der Waals surface area contributed by atoms with Crippen molar-refractivity contribution in [2.24, 2.45) is 5.92 Å². The maximum absolute atomic E-state index is 11.6. The van der Waals surface area contributed by atoms with Gasteiger partial charge in [-0.05, 0) is 18.8 Å². The van der Waals surface area contributed by atoms with Gasteiger partial charge >= 0.3 is 0 Å². The minimum absolute atomic E-state index is 0.0821. The van der Waals surface area contributed by atoms with Gasteiger partial charge in [0.2, 0.25) is 0 Å². The fraction of sp³-hybridized carbons (Fsp3) is 0.900. The Kier molecular flexibility index (Phi) is 3.94. The third-order valence-corrected chi connectivity index (χ3v) is 5.06. The van der Waals surface area contributed by atoms with Gasteiger partial charge in [-0.25, -0.2) is 8.42 Å². The molecular formula is C10H17NO2S. The van der Waals surface area contributed by atoms with E-state index >= 15 is 0 Å². The molecule has 0 aromatic rings. The van der Waals surface area contributed by atoms with Crippen LogP contribution in [0.3, 0.4) is 0 Å². The van der Waals surface area contributed by atoms with Gasteiger partial charge in [0.25, 0.3) is 0 Å². The standard InChI is InChI=1S/C10H17NO2S/c1-2-14(12,13)10(8-11)9-6-4-3-5-7-9/h9-10H,2-7H2,1H3/t10-/m0/s1. The average Bonchev–Trinajstić information content (AvgIpc) is 2.20. The second-order valence-electron chi connectivity index (χ2n) is 3.90. The Bertz CT molecular complexity index is 310. The summed E-state index contributed by atoms with van der Waals surface area (Å²) in [5.74, 6) is 0.167. The van der Waals surface area contributed by atoms with E-state index in [0.717, 1.165) is 25.7 Å². The first-order chi connectivity index (χ1) is 6.61. The van der Waals surface area contributed by atoms with Crippen LogP contribution in [0.1, 0.15) is 39.0 Å². The number of rotatable bonds is 3. The van der Waals surface area contributed by atoms with E-state index < -0.39 is 15.1 Å². The number of sulfone groups is 1. The Morgan fingerprint density at radius 1 is 1.36 bits per heavy atom. The predicted octanol–water partition coefficient (Wildman–Crippen LogP) is 1.89. The molecule has 80 valence electrons. The largest absolute Gasteiger partial charge is 0.227 e. The van der Waals surface area contributed by atoms with E-state index in [2.05, 4.69) is 0 Å². The van der Waals surface area contributed by atoms with Crippen LogP contribution in [0.4, 0.5) is 0 Å². The van der Waals surface area contributed by atoms with Crippen molar-refractivity contribution in [2.75, 3.05) is 5.75 Å². The number of hydrogen-bond donors (Lipinski definition) is 0. The molecule has 1 fully saturated rings. The Hall–Kier alpha value is -0.560. The van der Waals surface area contributed by atoms with Crippen molar-refractivity contribution in [3.8, 4) is 6.07 Å². The molecule has 0 radical (unpaired) electrons. The SMILES string of the molecule is CCS(=O)(=O)[C@@H](C#N)C1CCCCC1. The fourth-order valence-corrected chi connectivity index (χ4v) is 3.47. The highest BCUT2D eigenvalue weighted by Crippen LogP contribution is 2.29. The molecule has 1 aliphatic rings. The highest BCUT2D eigenvalue weighted by atomic mass is 32.2. The molecule has 0 saturated heterocycles. The summed E-state index contributed by atoms with van der Waals surface area (Å²) < 4.78 is 23.2.